The van der Waals surface area contributed by atoms with Gasteiger partial charge in [-0.2, -0.15) is 5.26 Å². The second-order valence-corrected chi connectivity index (χ2v) is 19.5. The number of pyridine rings is 1. The molecule has 2 aliphatic rings. The molecule has 5 rings (SSSR count). The predicted octanol–water partition coefficient (Wildman–Crippen LogP) is 6.97. The SMILES string of the molecule is CC(C)(C)OC(=O)N1C[C@](C)(CO[Si](C)(C)C(C)(C)C)c2cc(-c3ccnc(Nc4cccnc4OC4COC4)n3)cc(C#N)c21. The van der Waals surface area contributed by atoms with Gasteiger partial charge in [-0.1, -0.05) is 27.7 Å². The summed E-state index contributed by atoms with van der Waals surface area (Å²) < 4.78 is 23.7. The number of nitrogens with one attached hydrogen (secondary N) is 1. The third kappa shape index (κ3) is 7.01. The maximum absolute atomic E-state index is 13.5. The Labute approximate surface area is 272 Å². The highest BCUT2D eigenvalue weighted by atomic mass is 28.4. The van der Waals surface area contributed by atoms with Gasteiger partial charge >= 0.3 is 6.09 Å². The van der Waals surface area contributed by atoms with E-state index in [1.807, 2.05) is 32.9 Å². The number of hydrogen-bond donors (Lipinski definition) is 1. The molecule has 244 valence electrons. The zero-order valence-corrected chi connectivity index (χ0v) is 29.2. The highest BCUT2D eigenvalue weighted by molar-refractivity contribution is 6.74. The monoisotopic (exact) mass is 644 g/mol. The smallest absolute Gasteiger partial charge is 0.414 e. The first-order chi connectivity index (χ1) is 21.5. The first-order valence-electron chi connectivity index (χ1n) is 15.5. The van der Waals surface area contributed by atoms with Crippen LogP contribution in [0.4, 0.5) is 22.1 Å². The average molecular weight is 645 g/mol. The fourth-order valence-electron chi connectivity index (χ4n) is 5.00. The van der Waals surface area contributed by atoms with E-state index in [2.05, 4.69) is 62.1 Å². The first-order valence-corrected chi connectivity index (χ1v) is 18.4. The number of benzene rings is 1. The van der Waals surface area contributed by atoms with Gasteiger partial charge in [0.1, 0.15) is 23.5 Å². The number of carbonyl (C=O) groups excluding carboxylic acids is 1. The molecular weight excluding hydrogens is 600 g/mol. The molecule has 3 aromatic rings. The Morgan fingerprint density at radius 2 is 1.89 bits per heavy atom. The zero-order chi connectivity index (χ0) is 33.5. The Hall–Kier alpha value is -4.05. The van der Waals surface area contributed by atoms with Gasteiger partial charge in [0.25, 0.3) is 0 Å². The Kier molecular flexibility index (Phi) is 8.89. The quantitative estimate of drug-likeness (QED) is 0.257. The van der Waals surface area contributed by atoms with Crippen molar-refractivity contribution in [3.8, 4) is 23.2 Å². The first kappa shape index (κ1) is 33.3. The fourth-order valence-corrected chi connectivity index (χ4v) is 6.12. The van der Waals surface area contributed by atoms with Crippen molar-refractivity contribution in [2.45, 2.75) is 83.7 Å². The van der Waals surface area contributed by atoms with E-state index >= 15 is 0 Å². The van der Waals surface area contributed by atoms with E-state index in [1.165, 1.54) is 0 Å². The van der Waals surface area contributed by atoms with E-state index in [-0.39, 0.29) is 11.1 Å². The van der Waals surface area contributed by atoms with Gasteiger partial charge in [-0.05, 0) is 74.8 Å². The molecule has 2 aliphatic heterocycles. The third-order valence-corrected chi connectivity index (χ3v) is 13.2. The van der Waals surface area contributed by atoms with Crippen LogP contribution in [-0.2, 0) is 19.3 Å². The molecule has 0 radical (unpaired) electrons. The minimum Gasteiger partial charge on any atom is -0.468 e. The summed E-state index contributed by atoms with van der Waals surface area (Å²) in [6.45, 7) is 20.3. The van der Waals surface area contributed by atoms with E-state index in [4.69, 9.17) is 23.6 Å². The molecule has 1 atom stereocenters. The summed E-state index contributed by atoms with van der Waals surface area (Å²) >= 11 is 0. The van der Waals surface area contributed by atoms with Gasteiger partial charge in [-0.3, -0.25) is 4.90 Å². The normalized spacial score (nSPS) is 18.4. The van der Waals surface area contributed by atoms with Crippen molar-refractivity contribution in [1.82, 2.24) is 15.0 Å². The maximum atomic E-state index is 13.5. The highest BCUT2D eigenvalue weighted by Gasteiger charge is 2.47. The number of nitrogens with zero attached hydrogens (tertiary/aromatic N) is 5. The number of fused-ring (bicyclic) bond motifs is 1. The van der Waals surface area contributed by atoms with E-state index < -0.39 is 25.4 Å². The minimum atomic E-state index is -2.14. The van der Waals surface area contributed by atoms with E-state index in [1.54, 1.807) is 35.5 Å². The topological polar surface area (TPSA) is 132 Å². The third-order valence-electron chi connectivity index (χ3n) is 8.68. The molecule has 1 saturated heterocycles. The second-order valence-electron chi connectivity index (χ2n) is 14.7. The molecule has 4 heterocycles. The number of hydrogen-bond acceptors (Lipinski definition) is 10. The van der Waals surface area contributed by atoms with Crippen molar-refractivity contribution in [3.05, 3.63) is 53.9 Å². The summed E-state index contributed by atoms with van der Waals surface area (Å²) in [6.07, 6.45) is 2.78. The van der Waals surface area contributed by atoms with Gasteiger partial charge in [-0.15, -0.1) is 0 Å². The van der Waals surface area contributed by atoms with Crippen LogP contribution in [0.2, 0.25) is 18.1 Å². The van der Waals surface area contributed by atoms with Crippen LogP contribution in [-0.4, -0.2) is 67.4 Å². The van der Waals surface area contributed by atoms with Crippen LogP contribution in [0.25, 0.3) is 11.3 Å². The summed E-state index contributed by atoms with van der Waals surface area (Å²) in [5.74, 6) is 0.785. The molecule has 1 aromatic carbocycles. The van der Waals surface area contributed by atoms with Gasteiger partial charge < -0.3 is 24.0 Å². The lowest BCUT2D eigenvalue weighted by atomic mass is 9.83. The van der Waals surface area contributed by atoms with Crippen LogP contribution in [0.1, 0.15) is 59.6 Å². The number of rotatable bonds is 8. The Morgan fingerprint density at radius 3 is 2.52 bits per heavy atom. The molecule has 12 heteroatoms. The summed E-state index contributed by atoms with van der Waals surface area (Å²) in [5.41, 5.74) is 2.39. The molecule has 0 saturated carbocycles. The van der Waals surface area contributed by atoms with Crippen LogP contribution in [0.15, 0.2) is 42.7 Å². The molecule has 1 amide bonds. The standard InChI is InChI=1S/C34H44N6O5Si/c1-32(2,3)45-31(41)40-20-34(7,21-43-46(8,9)33(4,5)6)25-16-22(15-23(17-35)28(25)40)26-12-14-37-30(38-26)39-27-11-10-13-36-29(27)44-24-18-42-19-24/h10-16,24H,18-21H2,1-9H3,(H,37,38,39)/t34-/m1/s1. The van der Waals surface area contributed by atoms with Crippen molar-refractivity contribution >= 4 is 31.7 Å². The largest absolute Gasteiger partial charge is 0.468 e. The van der Waals surface area contributed by atoms with Gasteiger partial charge in [0.2, 0.25) is 11.8 Å². The molecule has 0 aliphatic carbocycles. The number of aromatic nitrogens is 3. The molecule has 1 fully saturated rings. The Balaban J connectivity index is 1.53. The number of anilines is 3. The summed E-state index contributed by atoms with van der Waals surface area (Å²) in [4.78, 5) is 28.7. The van der Waals surface area contributed by atoms with Crippen molar-refractivity contribution in [2.75, 3.05) is 36.6 Å². The molecule has 0 spiro atoms. The van der Waals surface area contributed by atoms with Gasteiger partial charge in [-0.25, -0.2) is 19.7 Å². The van der Waals surface area contributed by atoms with Crippen LogP contribution in [0.5, 0.6) is 5.88 Å². The fraction of sp³-hybridized carbons (Fsp3) is 0.500. The number of ether oxygens (including phenoxy) is 3. The van der Waals surface area contributed by atoms with Crippen molar-refractivity contribution in [1.29, 1.82) is 5.26 Å². The number of amides is 1. The van der Waals surface area contributed by atoms with Crippen LogP contribution >= 0.6 is 0 Å². The zero-order valence-electron chi connectivity index (χ0n) is 28.2. The molecule has 46 heavy (non-hydrogen) atoms. The maximum Gasteiger partial charge on any atom is 0.414 e. The highest BCUT2D eigenvalue weighted by Crippen LogP contribution is 2.47. The lowest BCUT2D eigenvalue weighted by Crippen LogP contribution is -2.46. The number of nitriles is 1. The molecule has 0 unspecified atom stereocenters. The average Bonchev–Trinajstić information content (AvgIpc) is 3.26. The Morgan fingerprint density at radius 1 is 1.15 bits per heavy atom. The Bertz CT molecular complexity index is 1660. The summed E-state index contributed by atoms with van der Waals surface area (Å²) in [6, 6.07) is 11.6. The van der Waals surface area contributed by atoms with Gasteiger partial charge in [0.05, 0.1) is 30.2 Å². The molecular formula is C34H44N6O5Si. The lowest BCUT2D eigenvalue weighted by Gasteiger charge is -2.39. The van der Waals surface area contributed by atoms with Gasteiger partial charge in [0.15, 0.2) is 8.32 Å². The van der Waals surface area contributed by atoms with E-state index in [0.717, 1.165) is 11.1 Å². The lowest BCUT2D eigenvalue weighted by molar-refractivity contribution is -0.0810. The van der Waals surface area contributed by atoms with Crippen molar-refractivity contribution in [3.63, 3.8) is 0 Å². The summed E-state index contributed by atoms with van der Waals surface area (Å²) in [7, 11) is -2.14. The minimum absolute atomic E-state index is 0.00447. The second kappa shape index (κ2) is 12.3. The van der Waals surface area contributed by atoms with Crippen molar-refractivity contribution in [2.24, 2.45) is 0 Å². The molecule has 2 aromatic heterocycles. The summed E-state index contributed by atoms with van der Waals surface area (Å²) in [5, 5.41) is 13.6. The van der Waals surface area contributed by atoms with Crippen molar-refractivity contribution < 1.29 is 23.4 Å². The molecule has 1 N–H and O–H groups in total. The number of carbonyl (C=O) groups is 1. The predicted molar refractivity (Wildman–Crippen MR) is 179 cm³/mol. The molecule has 0 bridgehead atoms. The van der Waals surface area contributed by atoms with Gasteiger partial charge in [0, 0.05) is 36.5 Å². The molecule has 11 nitrogen and oxygen atoms in total. The van der Waals surface area contributed by atoms with E-state index in [9.17, 15) is 10.1 Å². The van der Waals surface area contributed by atoms with Crippen LogP contribution < -0.4 is 15.0 Å². The van der Waals surface area contributed by atoms with Crippen LogP contribution in [0.3, 0.4) is 0 Å². The van der Waals surface area contributed by atoms with E-state index in [0.29, 0.717) is 60.8 Å². The van der Waals surface area contributed by atoms with Crippen LogP contribution in [0, 0.1) is 11.3 Å².